The lowest BCUT2D eigenvalue weighted by molar-refractivity contribution is -0.132. The molecule has 1 amide bonds. The predicted molar refractivity (Wildman–Crippen MR) is 77.5 cm³/mol. The second kappa shape index (κ2) is 6.42. The number of amides is 1. The molecule has 0 radical (unpaired) electrons. The van der Waals surface area contributed by atoms with Gasteiger partial charge in [0.05, 0.1) is 12.7 Å². The SMILES string of the molecule is CC1CN(C(=O)/C=C/c2cc(Cl)ccc2Cl)CCO1. The van der Waals surface area contributed by atoms with Gasteiger partial charge in [-0.05, 0) is 36.8 Å². The van der Waals surface area contributed by atoms with Crippen molar-refractivity contribution in [1.29, 1.82) is 0 Å². The third kappa shape index (κ3) is 3.96. The average molecular weight is 300 g/mol. The Labute approximate surface area is 122 Å². The van der Waals surface area contributed by atoms with Gasteiger partial charge in [-0.2, -0.15) is 0 Å². The zero-order valence-corrected chi connectivity index (χ0v) is 12.1. The molecule has 1 aromatic carbocycles. The topological polar surface area (TPSA) is 29.5 Å². The third-order valence-electron chi connectivity index (χ3n) is 2.92. The number of rotatable bonds is 2. The number of carbonyl (C=O) groups is 1. The summed E-state index contributed by atoms with van der Waals surface area (Å²) >= 11 is 11.9. The first kappa shape index (κ1) is 14.4. The lowest BCUT2D eigenvalue weighted by Gasteiger charge is -2.30. The third-order valence-corrected chi connectivity index (χ3v) is 3.50. The molecule has 0 bridgehead atoms. The summed E-state index contributed by atoms with van der Waals surface area (Å²) in [4.78, 5) is 13.8. The van der Waals surface area contributed by atoms with Crippen molar-refractivity contribution in [1.82, 2.24) is 4.90 Å². The highest BCUT2D eigenvalue weighted by Crippen LogP contribution is 2.21. The van der Waals surface area contributed by atoms with E-state index in [9.17, 15) is 4.79 Å². The van der Waals surface area contributed by atoms with Crippen LogP contribution in [0.2, 0.25) is 10.0 Å². The number of benzene rings is 1. The van der Waals surface area contributed by atoms with Crippen LogP contribution in [-0.2, 0) is 9.53 Å². The van der Waals surface area contributed by atoms with Crippen molar-refractivity contribution in [3.8, 4) is 0 Å². The smallest absolute Gasteiger partial charge is 0.246 e. The van der Waals surface area contributed by atoms with Crippen LogP contribution in [0.15, 0.2) is 24.3 Å². The predicted octanol–water partition coefficient (Wildman–Crippen LogP) is 3.25. The van der Waals surface area contributed by atoms with E-state index in [0.717, 1.165) is 5.56 Å². The molecule has 0 N–H and O–H groups in total. The van der Waals surface area contributed by atoms with Crippen molar-refractivity contribution in [2.75, 3.05) is 19.7 Å². The molecule has 1 aromatic rings. The van der Waals surface area contributed by atoms with Crippen molar-refractivity contribution < 1.29 is 9.53 Å². The number of ether oxygens (including phenoxy) is 1. The molecular weight excluding hydrogens is 285 g/mol. The van der Waals surface area contributed by atoms with E-state index in [2.05, 4.69) is 0 Å². The van der Waals surface area contributed by atoms with Crippen LogP contribution >= 0.6 is 23.2 Å². The van der Waals surface area contributed by atoms with Gasteiger partial charge in [-0.25, -0.2) is 0 Å². The molecule has 0 aromatic heterocycles. The Bertz CT molecular complexity index is 502. The highest BCUT2D eigenvalue weighted by molar-refractivity contribution is 6.34. The standard InChI is InChI=1S/C14H15Cl2NO2/c1-10-9-17(6-7-19-10)14(18)5-2-11-8-12(15)3-4-13(11)16/h2-5,8,10H,6-7,9H2,1H3/b5-2+. The Morgan fingerprint density at radius 3 is 3.00 bits per heavy atom. The summed E-state index contributed by atoms with van der Waals surface area (Å²) < 4.78 is 5.40. The van der Waals surface area contributed by atoms with Crippen molar-refractivity contribution in [3.63, 3.8) is 0 Å². The van der Waals surface area contributed by atoms with Gasteiger partial charge >= 0.3 is 0 Å². The van der Waals surface area contributed by atoms with Crippen molar-refractivity contribution in [2.45, 2.75) is 13.0 Å². The lowest BCUT2D eigenvalue weighted by Crippen LogP contribution is -2.43. The second-order valence-corrected chi connectivity index (χ2v) is 5.31. The van der Waals surface area contributed by atoms with Crippen LogP contribution in [0.4, 0.5) is 0 Å². The summed E-state index contributed by atoms with van der Waals surface area (Å²) in [7, 11) is 0. The van der Waals surface area contributed by atoms with Crippen LogP contribution in [0.25, 0.3) is 6.08 Å². The highest BCUT2D eigenvalue weighted by atomic mass is 35.5. The maximum absolute atomic E-state index is 12.0. The Hall–Kier alpha value is -1.03. The first-order valence-corrected chi connectivity index (χ1v) is 6.85. The Balaban J connectivity index is 2.05. The van der Waals surface area contributed by atoms with Crippen molar-refractivity contribution >= 4 is 35.2 Å². The summed E-state index contributed by atoms with van der Waals surface area (Å²) in [5.41, 5.74) is 0.740. The summed E-state index contributed by atoms with van der Waals surface area (Å²) in [5.74, 6) is -0.0359. The lowest BCUT2D eigenvalue weighted by atomic mass is 10.2. The molecular formula is C14H15Cl2NO2. The van der Waals surface area contributed by atoms with Gasteiger partial charge in [-0.15, -0.1) is 0 Å². The number of nitrogens with zero attached hydrogens (tertiary/aromatic N) is 1. The molecule has 1 aliphatic heterocycles. The van der Waals surface area contributed by atoms with E-state index < -0.39 is 0 Å². The first-order valence-electron chi connectivity index (χ1n) is 6.10. The summed E-state index contributed by atoms with van der Waals surface area (Å²) in [6.45, 7) is 3.78. The molecule has 1 fully saturated rings. The fraction of sp³-hybridized carbons (Fsp3) is 0.357. The molecule has 1 unspecified atom stereocenters. The normalized spacial score (nSPS) is 19.9. The summed E-state index contributed by atoms with van der Waals surface area (Å²) in [6, 6.07) is 5.16. The van der Waals surface area contributed by atoms with Gasteiger partial charge in [0.25, 0.3) is 0 Å². The molecule has 19 heavy (non-hydrogen) atoms. The van der Waals surface area contributed by atoms with Gasteiger partial charge < -0.3 is 9.64 Å². The maximum atomic E-state index is 12.0. The van der Waals surface area contributed by atoms with Gasteiger partial charge in [0, 0.05) is 29.2 Å². The largest absolute Gasteiger partial charge is 0.375 e. The number of morpholine rings is 1. The van der Waals surface area contributed by atoms with E-state index in [1.807, 2.05) is 6.92 Å². The van der Waals surface area contributed by atoms with Crippen LogP contribution in [-0.4, -0.2) is 36.6 Å². The van der Waals surface area contributed by atoms with Gasteiger partial charge in [0.15, 0.2) is 0 Å². The van der Waals surface area contributed by atoms with Crippen LogP contribution in [0, 0.1) is 0 Å². The molecule has 102 valence electrons. The molecule has 1 aliphatic rings. The van der Waals surface area contributed by atoms with E-state index >= 15 is 0 Å². The van der Waals surface area contributed by atoms with Gasteiger partial charge in [0.1, 0.15) is 0 Å². The fourth-order valence-corrected chi connectivity index (χ4v) is 2.29. The molecule has 0 aliphatic carbocycles. The number of hydrogen-bond donors (Lipinski definition) is 0. The molecule has 3 nitrogen and oxygen atoms in total. The molecule has 1 atom stereocenters. The minimum Gasteiger partial charge on any atom is -0.375 e. The number of halogens is 2. The van der Waals surface area contributed by atoms with Crippen LogP contribution < -0.4 is 0 Å². The van der Waals surface area contributed by atoms with Crippen LogP contribution in [0.5, 0.6) is 0 Å². The summed E-state index contributed by atoms with van der Waals surface area (Å²) in [6.07, 6.45) is 3.30. The minimum atomic E-state index is -0.0359. The van der Waals surface area contributed by atoms with Crippen molar-refractivity contribution in [3.05, 3.63) is 39.9 Å². The van der Waals surface area contributed by atoms with Gasteiger partial charge in [0.2, 0.25) is 5.91 Å². The Kier molecular flexibility index (Phi) is 4.86. The van der Waals surface area contributed by atoms with E-state index in [4.69, 9.17) is 27.9 Å². The quantitative estimate of drug-likeness (QED) is 0.785. The Morgan fingerprint density at radius 2 is 2.26 bits per heavy atom. The van der Waals surface area contributed by atoms with Gasteiger partial charge in [-0.1, -0.05) is 23.2 Å². The molecule has 2 rings (SSSR count). The minimum absolute atomic E-state index is 0.0359. The molecule has 0 saturated carbocycles. The first-order chi connectivity index (χ1) is 9.06. The average Bonchev–Trinajstić information content (AvgIpc) is 2.39. The second-order valence-electron chi connectivity index (χ2n) is 4.46. The van der Waals surface area contributed by atoms with Crippen LogP contribution in [0.3, 0.4) is 0 Å². The van der Waals surface area contributed by atoms with E-state index in [-0.39, 0.29) is 12.0 Å². The number of carbonyl (C=O) groups excluding carboxylic acids is 1. The van der Waals surface area contributed by atoms with Crippen LogP contribution in [0.1, 0.15) is 12.5 Å². The zero-order valence-electron chi connectivity index (χ0n) is 10.6. The number of hydrogen-bond acceptors (Lipinski definition) is 2. The molecule has 1 saturated heterocycles. The fourth-order valence-electron chi connectivity index (χ4n) is 1.93. The van der Waals surface area contributed by atoms with Crippen molar-refractivity contribution in [2.24, 2.45) is 0 Å². The van der Waals surface area contributed by atoms with Gasteiger partial charge in [-0.3, -0.25) is 4.79 Å². The molecule has 5 heteroatoms. The van der Waals surface area contributed by atoms with E-state index in [0.29, 0.717) is 29.7 Å². The summed E-state index contributed by atoms with van der Waals surface area (Å²) in [5, 5.41) is 1.17. The van der Waals surface area contributed by atoms with E-state index in [1.54, 1.807) is 29.2 Å². The highest BCUT2D eigenvalue weighted by Gasteiger charge is 2.19. The molecule has 0 spiro atoms. The Morgan fingerprint density at radius 1 is 1.47 bits per heavy atom. The maximum Gasteiger partial charge on any atom is 0.246 e. The zero-order chi connectivity index (χ0) is 13.8. The molecule has 1 heterocycles. The van der Waals surface area contributed by atoms with E-state index in [1.165, 1.54) is 6.08 Å². The monoisotopic (exact) mass is 299 g/mol.